The van der Waals surface area contributed by atoms with E-state index in [1.165, 1.54) is 11.6 Å². The number of carbonyl (C=O) groups excluding carboxylic acids is 1. The van der Waals surface area contributed by atoms with Gasteiger partial charge in [-0.15, -0.1) is 0 Å². The van der Waals surface area contributed by atoms with Crippen molar-refractivity contribution in [2.75, 3.05) is 13.7 Å². The van der Waals surface area contributed by atoms with Crippen LogP contribution in [0.25, 0.3) is 0 Å². The summed E-state index contributed by atoms with van der Waals surface area (Å²) in [6, 6.07) is 12.2. The molecule has 0 saturated heterocycles. The van der Waals surface area contributed by atoms with Gasteiger partial charge in [-0.2, -0.15) is 0 Å². The van der Waals surface area contributed by atoms with Gasteiger partial charge in [0.25, 0.3) is 0 Å². The van der Waals surface area contributed by atoms with Crippen LogP contribution < -0.4 is 4.74 Å². The summed E-state index contributed by atoms with van der Waals surface area (Å²) in [6.45, 7) is 6.13. The lowest BCUT2D eigenvalue weighted by molar-refractivity contribution is -0.132. The van der Waals surface area contributed by atoms with Crippen LogP contribution in [0.4, 0.5) is 4.39 Å². The Labute approximate surface area is 143 Å². The first-order valence-electron chi connectivity index (χ1n) is 8.10. The maximum absolute atomic E-state index is 13.9. The van der Waals surface area contributed by atoms with Gasteiger partial charge < -0.3 is 9.64 Å². The molecule has 2 rings (SSSR count). The minimum Gasteiger partial charge on any atom is -0.493 e. The molecule has 0 aliphatic heterocycles. The number of ether oxygens (including phenoxy) is 1. The summed E-state index contributed by atoms with van der Waals surface area (Å²) < 4.78 is 19.6. The van der Waals surface area contributed by atoms with E-state index in [0.717, 1.165) is 11.3 Å². The smallest absolute Gasteiger partial charge is 0.226 e. The molecule has 0 saturated carbocycles. The average Bonchev–Trinajstić information content (AvgIpc) is 2.56. The Morgan fingerprint density at radius 2 is 1.92 bits per heavy atom. The van der Waals surface area contributed by atoms with Gasteiger partial charge in [-0.05, 0) is 38.5 Å². The second-order valence-electron chi connectivity index (χ2n) is 6.07. The number of benzene rings is 2. The fourth-order valence-corrected chi connectivity index (χ4v) is 2.62. The third-order valence-corrected chi connectivity index (χ3v) is 4.23. The number of amides is 1. The molecule has 0 aliphatic rings. The Bertz CT molecular complexity index is 715. The molecular weight excluding hydrogens is 305 g/mol. The fourth-order valence-electron chi connectivity index (χ4n) is 2.62. The van der Waals surface area contributed by atoms with E-state index in [0.29, 0.717) is 12.2 Å². The van der Waals surface area contributed by atoms with E-state index in [2.05, 4.69) is 0 Å². The Balaban J connectivity index is 1.91. The first-order chi connectivity index (χ1) is 11.4. The second-order valence-corrected chi connectivity index (χ2v) is 6.07. The highest BCUT2D eigenvalue weighted by Crippen LogP contribution is 2.22. The molecule has 2 aromatic rings. The quantitative estimate of drug-likeness (QED) is 0.784. The van der Waals surface area contributed by atoms with Crippen LogP contribution >= 0.6 is 0 Å². The maximum Gasteiger partial charge on any atom is 0.226 e. The average molecular weight is 329 g/mol. The molecule has 0 aromatic heterocycles. The fraction of sp³-hybridized carbons (Fsp3) is 0.350. The summed E-state index contributed by atoms with van der Waals surface area (Å²) in [5, 5.41) is 0. The number of hydrogen-bond acceptors (Lipinski definition) is 2. The summed E-state index contributed by atoms with van der Waals surface area (Å²) in [7, 11) is 1.69. The molecule has 0 N–H and O–H groups in total. The Hall–Kier alpha value is -2.36. The molecule has 1 atom stereocenters. The van der Waals surface area contributed by atoms with Crippen LogP contribution in [0.3, 0.4) is 0 Å². The zero-order valence-electron chi connectivity index (χ0n) is 14.7. The minimum absolute atomic E-state index is 0.0736. The molecular formula is C20H24FNO2. The number of halogens is 1. The van der Waals surface area contributed by atoms with Crippen LogP contribution in [0.1, 0.15) is 36.1 Å². The highest BCUT2D eigenvalue weighted by molar-refractivity contribution is 5.76. The van der Waals surface area contributed by atoms with Gasteiger partial charge in [0.2, 0.25) is 5.91 Å². The van der Waals surface area contributed by atoms with Crippen LogP contribution in [-0.4, -0.2) is 24.5 Å². The summed E-state index contributed by atoms with van der Waals surface area (Å²) >= 11 is 0. The van der Waals surface area contributed by atoms with E-state index >= 15 is 0 Å². The van der Waals surface area contributed by atoms with Crippen molar-refractivity contribution in [3.8, 4) is 5.75 Å². The van der Waals surface area contributed by atoms with Crippen molar-refractivity contribution in [2.24, 2.45) is 0 Å². The molecule has 0 bridgehead atoms. The van der Waals surface area contributed by atoms with Crippen molar-refractivity contribution in [2.45, 2.75) is 33.2 Å². The van der Waals surface area contributed by atoms with Crippen LogP contribution in [-0.2, 0) is 4.79 Å². The molecule has 2 aromatic carbocycles. The molecule has 128 valence electrons. The lowest BCUT2D eigenvalue weighted by Crippen LogP contribution is -2.31. The van der Waals surface area contributed by atoms with Gasteiger partial charge in [0.15, 0.2) is 0 Å². The van der Waals surface area contributed by atoms with E-state index in [1.807, 2.05) is 39.0 Å². The van der Waals surface area contributed by atoms with Crippen LogP contribution in [0.2, 0.25) is 0 Å². The zero-order chi connectivity index (χ0) is 17.7. The highest BCUT2D eigenvalue weighted by Gasteiger charge is 2.19. The van der Waals surface area contributed by atoms with Gasteiger partial charge in [-0.1, -0.05) is 35.9 Å². The third-order valence-electron chi connectivity index (χ3n) is 4.23. The number of aryl methyl sites for hydroxylation is 2. The van der Waals surface area contributed by atoms with Gasteiger partial charge in [-0.25, -0.2) is 4.39 Å². The SMILES string of the molecule is Cc1ccc(OCCC(=O)N(C)C(C)c2ccccc2F)c(C)c1. The predicted molar refractivity (Wildman–Crippen MR) is 93.6 cm³/mol. The van der Waals surface area contributed by atoms with Gasteiger partial charge >= 0.3 is 0 Å². The topological polar surface area (TPSA) is 29.5 Å². The Morgan fingerprint density at radius 3 is 2.58 bits per heavy atom. The van der Waals surface area contributed by atoms with E-state index in [4.69, 9.17) is 4.74 Å². The molecule has 0 spiro atoms. The van der Waals surface area contributed by atoms with Crippen molar-refractivity contribution in [3.63, 3.8) is 0 Å². The van der Waals surface area contributed by atoms with E-state index in [9.17, 15) is 9.18 Å². The van der Waals surface area contributed by atoms with Gasteiger partial charge in [-0.3, -0.25) is 4.79 Å². The van der Waals surface area contributed by atoms with Crippen molar-refractivity contribution in [1.29, 1.82) is 0 Å². The first-order valence-corrected chi connectivity index (χ1v) is 8.10. The standard InChI is InChI=1S/C20H24FNO2/c1-14-9-10-19(15(2)13-14)24-12-11-20(23)22(4)16(3)17-7-5-6-8-18(17)21/h5-10,13,16H,11-12H2,1-4H3. The highest BCUT2D eigenvalue weighted by atomic mass is 19.1. The van der Waals surface area contributed by atoms with Crippen LogP contribution in [0, 0.1) is 19.7 Å². The third kappa shape index (κ3) is 4.34. The molecule has 3 nitrogen and oxygen atoms in total. The summed E-state index contributed by atoms with van der Waals surface area (Å²) in [6.07, 6.45) is 0.253. The number of nitrogens with zero attached hydrogens (tertiary/aromatic N) is 1. The van der Waals surface area contributed by atoms with E-state index in [1.54, 1.807) is 30.1 Å². The normalized spacial score (nSPS) is 11.9. The second kappa shape index (κ2) is 7.95. The van der Waals surface area contributed by atoms with E-state index < -0.39 is 0 Å². The Kier molecular flexibility index (Phi) is 5.96. The van der Waals surface area contributed by atoms with Gasteiger partial charge in [0.1, 0.15) is 11.6 Å². The lowest BCUT2D eigenvalue weighted by Gasteiger charge is -2.25. The molecule has 0 aliphatic carbocycles. The molecule has 1 unspecified atom stereocenters. The molecule has 0 heterocycles. The van der Waals surface area contributed by atoms with Gasteiger partial charge in [0, 0.05) is 12.6 Å². The van der Waals surface area contributed by atoms with Crippen molar-refractivity contribution in [3.05, 3.63) is 65.0 Å². The Morgan fingerprint density at radius 1 is 1.21 bits per heavy atom. The molecule has 24 heavy (non-hydrogen) atoms. The van der Waals surface area contributed by atoms with Crippen molar-refractivity contribution < 1.29 is 13.9 Å². The van der Waals surface area contributed by atoms with Gasteiger partial charge in [0.05, 0.1) is 19.1 Å². The first kappa shape index (κ1) is 18.0. The predicted octanol–water partition coefficient (Wildman–Crippen LogP) is 4.43. The lowest BCUT2D eigenvalue weighted by atomic mass is 10.1. The van der Waals surface area contributed by atoms with Crippen molar-refractivity contribution >= 4 is 5.91 Å². The minimum atomic E-state index is -0.320. The summed E-state index contributed by atoms with van der Waals surface area (Å²) in [5.74, 6) is 0.421. The molecule has 4 heteroatoms. The summed E-state index contributed by atoms with van der Waals surface area (Å²) in [5.41, 5.74) is 2.74. The van der Waals surface area contributed by atoms with Crippen LogP contribution in [0.15, 0.2) is 42.5 Å². The molecule has 0 radical (unpaired) electrons. The summed E-state index contributed by atoms with van der Waals surface area (Å²) in [4.78, 5) is 13.9. The monoisotopic (exact) mass is 329 g/mol. The van der Waals surface area contributed by atoms with E-state index in [-0.39, 0.29) is 24.2 Å². The number of carbonyl (C=O) groups is 1. The largest absolute Gasteiger partial charge is 0.493 e. The number of hydrogen-bond donors (Lipinski definition) is 0. The molecule has 0 fully saturated rings. The van der Waals surface area contributed by atoms with Crippen LogP contribution in [0.5, 0.6) is 5.75 Å². The maximum atomic E-state index is 13.9. The molecule has 1 amide bonds. The zero-order valence-corrected chi connectivity index (χ0v) is 14.7. The number of rotatable bonds is 6. The van der Waals surface area contributed by atoms with Crippen molar-refractivity contribution in [1.82, 2.24) is 4.90 Å².